The average Bonchev–Trinajstić information content (AvgIpc) is 3.24. The Balaban J connectivity index is 1.50. The van der Waals surface area contributed by atoms with Crippen molar-refractivity contribution in [3.05, 3.63) is 64.5 Å². The molecule has 31 heavy (non-hydrogen) atoms. The molecule has 3 heterocycles. The maximum atomic E-state index is 13.1. The number of aromatic nitrogens is 2. The number of benzene rings is 1. The molecule has 1 fully saturated rings. The number of likely N-dealkylation sites (tertiary alicyclic amines) is 1. The molecule has 0 saturated carbocycles. The number of aromatic amines is 1. The Labute approximate surface area is 181 Å². The van der Waals surface area contributed by atoms with Crippen LogP contribution in [0.5, 0.6) is 0 Å². The van der Waals surface area contributed by atoms with Crippen LogP contribution in [0.15, 0.2) is 48.8 Å². The third kappa shape index (κ3) is 4.23. The van der Waals surface area contributed by atoms with Crippen LogP contribution in [0.1, 0.15) is 43.0 Å². The number of pyridine rings is 1. The van der Waals surface area contributed by atoms with Crippen molar-refractivity contribution in [3.63, 3.8) is 0 Å². The standard InChI is InChI=1S/C23H27N5O3/c1-2-3-13-27(22-21(28(30)31)9-6-12-24-22)17-10-14-26(15-11-17)23(29)19-16-25-20-8-5-4-7-18(19)20/h4-9,12,16-17,25H,2-3,10-11,13-15H2,1H3. The number of rotatable bonds is 7. The molecule has 0 unspecified atom stereocenters. The van der Waals surface area contributed by atoms with Gasteiger partial charge >= 0.3 is 5.69 Å². The predicted octanol–water partition coefficient (Wildman–Crippen LogP) is 4.38. The van der Waals surface area contributed by atoms with Gasteiger partial charge in [-0.3, -0.25) is 14.9 Å². The summed E-state index contributed by atoms with van der Waals surface area (Å²) in [7, 11) is 0. The van der Waals surface area contributed by atoms with Crippen molar-refractivity contribution in [1.29, 1.82) is 0 Å². The molecule has 0 spiro atoms. The topological polar surface area (TPSA) is 95.4 Å². The first kappa shape index (κ1) is 20.8. The summed E-state index contributed by atoms with van der Waals surface area (Å²) in [4.78, 5) is 35.8. The number of para-hydroxylation sites is 1. The quantitative estimate of drug-likeness (QED) is 0.451. The Bertz CT molecular complexity index is 1070. The van der Waals surface area contributed by atoms with Gasteiger partial charge in [-0.05, 0) is 31.4 Å². The zero-order valence-electron chi connectivity index (χ0n) is 17.7. The lowest BCUT2D eigenvalue weighted by molar-refractivity contribution is -0.384. The van der Waals surface area contributed by atoms with Gasteiger partial charge in [0.1, 0.15) is 0 Å². The number of nitrogens with zero attached hydrogens (tertiary/aromatic N) is 4. The summed E-state index contributed by atoms with van der Waals surface area (Å²) in [6.07, 6.45) is 6.83. The molecule has 4 rings (SSSR count). The van der Waals surface area contributed by atoms with Gasteiger partial charge in [-0.2, -0.15) is 0 Å². The van der Waals surface area contributed by atoms with Gasteiger partial charge in [-0.15, -0.1) is 0 Å². The van der Waals surface area contributed by atoms with Crippen molar-refractivity contribution in [2.75, 3.05) is 24.5 Å². The maximum Gasteiger partial charge on any atom is 0.311 e. The van der Waals surface area contributed by atoms with Gasteiger partial charge in [-0.25, -0.2) is 4.98 Å². The Morgan fingerprint density at radius 3 is 2.77 bits per heavy atom. The van der Waals surface area contributed by atoms with E-state index in [1.54, 1.807) is 18.5 Å². The normalized spacial score (nSPS) is 14.7. The number of unbranched alkanes of at least 4 members (excludes halogenated alkanes) is 1. The third-order valence-corrected chi connectivity index (χ3v) is 6.00. The summed E-state index contributed by atoms with van der Waals surface area (Å²) in [5, 5.41) is 12.5. The minimum Gasteiger partial charge on any atom is -0.360 e. The summed E-state index contributed by atoms with van der Waals surface area (Å²) >= 11 is 0. The number of hydrogen-bond acceptors (Lipinski definition) is 5. The number of nitrogens with one attached hydrogen (secondary N) is 1. The third-order valence-electron chi connectivity index (χ3n) is 6.00. The Morgan fingerprint density at radius 2 is 2.03 bits per heavy atom. The van der Waals surface area contributed by atoms with Crippen LogP contribution in [0.4, 0.5) is 11.5 Å². The highest BCUT2D eigenvalue weighted by Gasteiger charge is 2.31. The molecule has 8 nitrogen and oxygen atoms in total. The summed E-state index contributed by atoms with van der Waals surface area (Å²) in [6, 6.07) is 11.0. The zero-order chi connectivity index (χ0) is 21.8. The van der Waals surface area contributed by atoms with E-state index in [1.165, 1.54) is 6.07 Å². The average molecular weight is 422 g/mol. The SMILES string of the molecule is CCCCN(c1ncccc1[N+](=O)[O-])C1CCN(C(=O)c2c[nH]c3ccccc23)CC1. The van der Waals surface area contributed by atoms with E-state index in [1.807, 2.05) is 29.2 Å². The molecule has 1 aromatic carbocycles. The molecular weight excluding hydrogens is 394 g/mol. The fourth-order valence-electron chi connectivity index (χ4n) is 4.34. The Hall–Kier alpha value is -3.42. The Kier molecular flexibility index (Phi) is 6.16. The first-order valence-electron chi connectivity index (χ1n) is 10.8. The molecule has 8 heteroatoms. The van der Waals surface area contributed by atoms with Crippen LogP contribution in [0, 0.1) is 10.1 Å². The predicted molar refractivity (Wildman–Crippen MR) is 120 cm³/mol. The van der Waals surface area contributed by atoms with Crippen LogP contribution in [0.2, 0.25) is 0 Å². The minimum absolute atomic E-state index is 0.0276. The van der Waals surface area contributed by atoms with Crippen molar-refractivity contribution in [1.82, 2.24) is 14.9 Å². The highest BCUT2D eigenvalue weighted by atomic mass is 16.6. The number of nitro groups is 1. The highest BCUT2D eigenvalue weighted by molar-refractivity contribution is 6.06. The van der Waals surface area contributed by atoms with E-state index >= 15 is 0 Å². The van der Waals surface area contributed by atoms with E-state index in [-0.39, 0.29) is 22.6 Å². The number of carbonyl (C=O) groups is 1. The molecule has 162 valence electrons. The molecule has 3 aromatic rings. The molecule has 0 aliphatic carbocycles. The van der Waals surface area contributed by atoms with Gasteiger partial charge in [-0.1, -0.05) is 31.5 Å². The number of H-pyrrole nitrogens is 1. The minimum atomic E-state index is -0.364. The van der Waals surface area contributed by atoms with Crippen LogP contribution < -0.4 is 4.90 Å². The summed E-state index contributed by atoms with van der Waals surface area (Å²) < 4.78 is 0. The van der Waals surface area contributed by atoms with Gasteiger partial charge in [0, 0.05) is 55.0 Å². The second-order valence-electron chi connectivity index (χ2n) is 7.92. The largest absolute Gasteiger partial charge is 0.360 e. The maximum absolute atomic E-state index is 13.1. The molecular formula is C23H27N5O3. The van der Waals surface area contributed by atoms with Crippen molar-refractivity contribution in [2.45, 2.75) is 38.6 Å². The monoisotopic (exact) mass is 421 g/mol. The number of anilines is 1. The van der Waals surface area contributed by atoms with Crippen molar-refractivity contribution in [2.24, 2.45) is 0 Å². The van der Waals surface area contributed by atoms with Gasteiger partial charge in [0.2, 0.25) is 5.82 Å². The van der Waals surface area contributed by atoms with Crippen LogP contribution >= 0.6 is 0 Å². The van der Waals surface area contributed by atoms with Crippen molar-refractivity contribution < 1.29 is 9.72 Å². The smallest absolute Gasteiger partial charge is 0.311 e. The van der Waals surface area contributed by atoms with Crippen molar-refractivity contribution in [3.8, 4) is 0 Å². The molecule has 0 atom stereocenters. The molecule has 0 radical (unpaired) electrons. The second-order valence-corrected chi connectivity index (χ2v) is 7.92. The van der Waals surface area contributed by atoms with Crippen molar-refractivity contribution >= 4 is 28.3 Å². The van der Waals surface area contributed by atoms with E-state index in [0.717, 1.165) is 43.1 Å². The second kappa shape index (κ2) is 9.16. The van der Waals surface area contributed by atoms with Crippen LogP contribution in [0.25, 0.3) is 10.9 Å². The van der Waals surface area contributed by atoms with Gasteiger partial charge in [0.05, 0.1) is 10.5 Å². The molecule has 1 aliphatic rings. The highest BCUT2D eigenvalue weighted by Crippen LogP contribution is 2.31. The molecule has 1 N–H and O–H groups in total. The van der Waals surface area contributed by atoms with Gasteiger partial charge in [0.15, 0.2) is 0 Å². The van der Waals surface area contributed by atoms with E-state index in [0.29, 0.717) is 24.5 Å². The van der Waals surface area contributed by atoms with E-state index in [9.17, 15) is 14.9 Å². The van der Waals surface area contributed by atoms with E-state index in [4.69, 9.17) is 0 Å². The lowest BCUT2D eigenvalue weighted by atomic mass is 10.0. The fourth-order valence-corrected chi connectivity index (χ4v) is 4.34. The summed E-state index contributed by atoms with van der Waals surface area (Å²) in [5.74, 6) is 0.460. The summed E-state index contributed by atoms with van der Waals surface area (Å²) in [5.41, 5.74) is 1.68. The fraction of sp³-hybridized carbons (Fsp3) is 0.391. The van der Waals surface area contributed by atoms with Crippen LogP contribution in [0.3, 0.4) is 0 Å². The first-order chi connectivity index (χ1) is 15.1. The number of amides is 1. The number of hydrogen-bond donors (Lipinski definition) is 1. The van der Waals surface area contributed by atoms with Gasteiger partial charge in [0.25, 0.3) is 5.91 Å². The molecule has 1 saturated heterocycles. The van der Waals surface area contributed by atoms with Crippen LogP contribution in [-0.4, -0.2) is 51.4 Å². The van der Waals surface area contributed by atoms with Crippen LogP contribution in [-0.2, 0) is 0 Å². The zero-order valence-corrected chi connectivity index (χ0v) is 17.7. The number of piperidine rings is 1. The lowest BCUT2D eigenvalue weighted by Crippen LogP contribution is -2.47. The Morgan fingerprint density at radius 1 is 1.26 bits per heavy atom. The molecule has 2 aromatic heterocycles. The number of fused-ring (bicyclic) bond motifs is 1. The number of carbonyl (C=O) groups excluding carboxylic acids is 1. The molecule has 1 amide bonds. The van der Waals surface area contributed by atoms with E-state index < -0.39 is 0 Å². The molecule has 1 aliphatic heterocycles. The summed E-state index contributed by atoms with van der Waals surface area (Å²) in [6.45, 7) is 4.06. The first-order valence-corrected chi connectivity index (χ1v) is 10.8. The lowest BCUT2D eigenvalue weighted by Gasteiger charge is -2.39. The molecule has 0 bridgehead atoms. The van der Waals surface area contributed by atoms with Gasteiger partial charge < -0.3 is 14.8 Å². The van der Waals surface area contributed by atoms with E-state index in [2.05, 4.69) is 21.8 Å².